The Bertz CT molecular complexity index is 1780. The van der Waals surface area contributed by atoms with Crippen molar-refractivity contribution >= 4 is 52.5 Å². The smallest absolute Gasteiger partial charge is 0.262 e. The maximum Gasteiger partial charge on any atom is 0.262 e. The lowest BCUT2D eigenvalue weighted by Gasteiger charge is -2.35. The molecule has 3 saturated heterocycles. The average Bonchev–Trinajstić information content (AvgIpc) is 3.60. The first kappa shape index (κ1) is 28.3. The number of rotatable bonds is 5. The van der Waals surface area contributed by atoms with Gasteiger partial charge in [-0.2, -0.15) is 5.01 Å². The zero-order chi connectivity index (χ0) is 30.7. The third-order valence-corrected chi connectivity index (χ3v) is 9.26. The SMILES string of the molecule is Cc1ccc(N2C(=O)[C@H]3[C@@H](C2=O)N2C(=O)[C@H](NC(=O)c4ccccc4)[C@@H](c4ccccc4)N2[C@@H]3c2c(Cl)cccc2Cl)cc1. The molecule has 0 saturated carbocycles. The Kier molecular flexibility index (Phi) is 7.00. The zero-order valence-corrected chi connectivity index (χ0v) is 24.9. The number of fused-ring (bicyclic) bond motifs is 3. The molecular weight excluding hydrogens is 599 g/mol. The summed E-state index contributed by atoms with van der Waals surface area (Å²) < 4.78 is 0. The van der Waals surface area contributed by atoms with Crippen molar-refractivity contribution in [3.05, 3.63) is 135 Å². The van der Waals surface area contributed by atoms with Gasteiger partial charge < -0.3 is 5.32 Å². The topological polar surface area (TPSA) is 90.0 Å². The van der Waals surface area contributed by atoms with Crippen LogP contribution in [0.2, 0.25) is 10.0 Å². The molecule has 0 spiro atoms. The van der Waals surface area contributed by atoms with Gasteiger partial charge in [0.25, 0.3) is 17.7 Å². The van der Waals surface area contributed by atoms with Gasteiger partial charge in [-0.1, -0.05) is 95.5 Å². The van der Waals surface area contributed by atoms with Crippen LogP contribution in [0.25, 0.3) is 0 Å². The normalized spacial score (nSPS) is 24.5. The van der Waals surface area contributed by atoms with Gasteiger partial charge in [0, 0.05) is 21.2 Å². The van der Waals surface area contributed by atoms with Crippen molar-refractivity contribution in [3.63, 3.8) is 0 Å². The number of hydrazine groups is 1. The number of carbonyl (C=O) groups excluding carboxylic acids is 4. The first-order chi connectivity index (χ1) is 21.3. The molecule has 0 bridgehead atoms. The molecule has 0 radical (unpaired) electrons. The van der Waals surface area contributed by atoms with Gasteiger partial charge in [-0.05, 0) is 48.9 Å². The summed E-state index contributed by atoms with van der Waals surface area (Å²) in [6.07, 6.45) is 0. The van der Waals surface area contributed by atoms with Crippen LogP contribution in [-0.4, -0.2) is 45.7 Å². The maximum absolute atomic E-state index is 14.5. The van der Waals surface area contributed by atoms with Crippen LogP contribution < -0.4 is 10.2 Å². The maximum atomic E-state index is 14.5. The molecule has 1 N–H and O–H groups in total. The summed E-state index contributed by atoms with van der Waals surface area (Å²) in [5.74, 6) is -2.93. The quantitative estimate of drug-likeness (QED) is 0.296. The fraction of sp³-hybridized carbons (Fsp3) is 0.176. The monoisotopic (exact) mass is 624 g/mol. The van der Waals surface area contributed by atoms with Crippen LogP contribution in [0.15, 0.2) is 103 Å². The van der Waals surface area contributed by atoms with E-state index in [1.54, 1.807) is 65.7 Å². The second-order valence-corrected chi connectivity index (χ2v) is 11.9. The minimum atomic E-state index is -1.17. The van der Waals surface area contributed by atoms with E-state index in [0.717, 1.165) is 10.5 Å². The predicted octanol–water partition coefficient (Wildman–Crippen LogP) is 5.51. The number of benzene rings is 4. The van der Waals surface area contributed by atoms with Crippen LogP contribution in [0.3, 0.4) is 0 Å². The molecule has 3 fully saturated rings. The van der Waals surface area contributed by atoms with Gasteiger partial charge in [-0.15, -0.1) is 0 Å². The van der Waals surface area contributed by atoms with Gasteiger partial charge in [0.05, 0.1) is 23.7 Å². The lowest BCUT2D eigenvalue weighted by molar-refractivity contribution is -0.145. The molecule has 3 aliphatic rings. The van der Waals surface area contributed by atoms with Gasteiger partial charge in [0.15, 0.2) is 0 Å². The Morgan fingerprint density at radius 2 is 1.30 bits per heavy atom. The van der Waals surface area contributed by atoms with Crippen molar-refractivity contribution < 1.29 is 19.2 Å². The van der Waals surface area contributed by atoms with Crippen LogP contribution in [0.4, 0.5) is 5.69 Å². The molecule has 44 heavy (non-hydrogen) atoms. The van der Waals surface area contributed by atoms with E-state index in [9.17, 15) is 19.2 Å². The number of amides is 4. The minimum Gasteiger partial charge on any atom is -0.338 e. The van der Waals surface area contributed by atoms with E-state index >= 15 is 0 Å². The molecular formula is C34H26Cl2N4O4. The highest BCUT2D eigenvalue weighted by molar-refractivity contribution is 6.36. The third kappa shape index (κ3) is 4.32. The molecule has 3 heterocycles. The lowest BCUT2D eigenvalue weighted by Crippen LogP contribution is -2.48. The molecule has 5 atom stereocenters. The molecule has 3 aliphatic heterocycles. The Hall–Kier alpha value is -4.50. The Balaban J connectivity index is 1.40. The molecule has 220 valence electrons. The van der Waals surface area contributed by atoms with Gasteiger partial charge in [0.2, 0.25) is 5.91 Å². The van der Waals surface area contributed by atoms with Gasteiger partial charge >= 0.3 is 0 Å². The Morgan fingerprint density at radius 3 is 1.93 bits per heavy atom. The van der Waals surface area contributed by atoms with Crippen molar-refractivity contribution in [2.24, 2.45) is 5.92 Å². The van der Waals surface area contributed by atoms with E-state index in [-0.39, 0.29) is 0 Å². The molecule has 0 aliphatic carbocycles. The van der Waals surface area contributed by atoms with Gasteiger partial charge in [-0.25, -0.2) is 4.90 Å². The summed E-state index contributed by atoms with van der Waals surface area (Å²) in [6.45, 7) is 1.91. The third-order valence-electron chi connectivity index (χ3n) is 8.60. The van der Waals surface area contributed by atoms with Crippen molar-refractivity contribution in [2.45, 2.75) is 31.1 Å². The molecule has 4 amide bonds. The molecule has 7 rings (SSSR count). The Labute approximate surface area is 263 Å². The molecule has 4 aromatic rings. The van der Waals surface area contributed by atoms with E-state index in [4.69, 9.17) is 23.2 Å². The number of imide groups is 1. The number of nitrogens with zero attached hydrogens (tertiary/aromatic N) is 3. The summed E-state index contributed by atoms with van der Waals surface area (Å²) in [6, 6.07) is 26.0. The molecule has 0 unspecified atom stereocenters. The van der Waals surface area contributed by atoms with Crippen molar-refractivity contribution in [2.75, 3.05) is 4.90 Å². The molecule has 8 nitrogen and oxygen atoms in total. The van der Waals surface area contributed by atoms with Crippen molar-refractivity contribution in [1.82, 2.24) is 15.3 Å². The fourth-order valence-corrected chi connectivity index (χ4v) is 7.30. The average molecular weight is 626 g/mol. The number of hydrogen-bond acceptors (Lipinski definition) is 5. The fourth-order valence-electron chi connectivity index (χ4n) is 6.68. The zero-order valence-electron chi connectivity index (χ0n) is 23.4. The van der Waals surface area contributed by atoms with Crippen molar-refractivity contribution in [3.8, 4) is 0 Å². The number of anilines is 1. The molecule has 0 aromatic heterocycles. The minimum absolute atomic E-state index is 0.299. The second kappa shape index (κ2) is 10.9. The van der Waals surface area contributed by atoms with Crippen LogP contribution in [0.5, 0.6) is 0 Å². The van der Waals surface area contributed by atoms with E-state index < -0.39 is 53.7 Å². The Morgan fingerprint density at radius 1 is 0.682 bits per heavy atom. The van der Waals surface area contributed by atoms with E-state index in [1.165, 1.54) is 5.01 Å². The van der Waals surface area contributed by atoms with Gasteiger partial charge in [0.1, 0.15) is 12.1 Å². The summed E-state index contributed by atoms with van der Waals surface area (Å²) in [7, 11) is 0. The predicted molar refractivity (Wildman–Crippen MR) is 166 cm³/mol. The van der Waals surface area contributed by atoms with Crippen LogP contribution >= 0.6 is 23.2 Å². The summed E-state index contributed by atoms with van der Waals surface area (Å²) >= 11 is 13.6. The highest BCUT2D eigenvalue weighted by Crippen LogP contribution is 2.56. The number of hydrogen-bond donors (Lipinski definition) is 1. The van der Waals surface area contributed by atoms with Crippen molar-refractivity contribution in [1.29, 1.82) is 0 Å². The number of aryl methyl sites for hydroxylation is 1. The number of carbonyl (C=O) groups is 4. The summed E-state index contributed by atoms with van der Waals surface area (Å²) in [4.78, 5) is 57.6. The first-order valence-corrected chi connectivity index (χ1v) is 14.9. The first-order valence-electron chi connectivity index (χ1n) is 14.2. The largest absolute Gasteiger partial charge is 0.338 e. The number of halogens is 2. The number of nitrogens with one attached hydrogen (secondary N) is 1. The summed E-state index contributed by atoms with van der Waals surface area (Å²) in [5.41, 5.74) is 2.91. The van der Waals surface area contributed by atoms with Crippen LogP contribution in [0, 0.1) is 12.8 Å². The van der Waals surface area contributed by atoms with E-state index in [1.807, 2.05) is 49.4 Å². The highest BCUT2D eigenvalue weighted by Gasteiger charge is 2.69. The lowest BCUT2D eigenvalue weighted by atomic mass is 9.87. The van der Waals surface area contributed by atoms with Gasteiger partial charge in [-0.3, -0.25) is 24.2 Å². The highest BCUT2D eigenvalue weighted by atomic mass is 35.5. The summed E-state index contributed by atoms with van der Waals surface area (Å²) in [5, 5.41) is 6.62. The second-order valence-electron chi connectivity index (χ2n) is 11.1. The molecule has 10 heteroatoms. The standard InChI is InChI=1S/C34H26Cl2N4O4/c1-19-15-17-22(18-16-19)38-32(42)26-29(25-23(35)13-8-14-24(25)36)39-28(20-9-4-2-5-10-20)27(33(43)40(39)30(26)34(38)44)37-31(41)21-11-6-3-7-12-21/h2-18,26-30H,1H3,(H,37,41)/t26-,27-,28-,29-,30+/m1/s1. The van der Waals surface area contributed by atoms with Crippen LogP contribution in [0.1, 0.15) is 39.1 Å². The van der Waals surface area contributed by atoms with E-state index in [0.29, 0.717) is 32.4 Å². The van der Waals surface area contributed by atoms with Crippen LogP contribution in [-0.2, 0) is 14.4 Å². The molecule has 4 aromatic carbocycles. The van der Waals surface area contributed by atoms with E-state index in [2.05, 4.69) is 5.32 Å².